The number of amides is 2. The lowest BCUT2D eigenvalue weighted by molar-refractivity contribution is -0.119. The van der Waals surface area contributed by atoms with Crippen molar-refractivity contribution in [2.45, 2.75) is 61.9 Å². The van der Waals surface area contributed by atoms with Crippen LogP contribution in [0.5, 0.6) is 0 Å². The highest BCUT2D eigenvalue weighted by Crippen LogP contribution is 2.36. The van der Waals surface area contributed by atoms with E-state index >= 15 is 4.39 Å². The van der Waals surface area contributed by atoms with Crippen LogP contribution < -0.4 is 16.0 Å². The van der Waals surface area contributed by atoms with Crippen LogP contribution in [0.25, 0.3) is 0 Å². The van der Waals surface area contributed by atoms with Crippen molar-refractivity contribution < 1.29 is 35.9 Å². The summed E-state index contributed by atoms with van der Waals surface area (Å²) in [4.78, 5) is 28.0. The molecule has 2 amide bonds. The van der Waals surface area contributed by atoms with Crippen LogP contribution in [0, 0.1) is 17.5 Å². The maximum Gasteiger partial charge on any atom is 0.420 e. The molecule has 3 atom stereocenters. The third-order valence-electron chi connectivity index (χ3n) is 8.55. The number of hydrogen-bond donors (Lipinski definition) is 2. The third kappa shape index (κ3) is 6.97. The number of nitrogens with one attached hydrogen (secondary N) is 1. The number of ether oxygens (including phenoxy) is 1. The van der Waals surface area contributed by atoms with Gasteiger partial charge in [-0.2, -0.15) is 4.31 Å². The second-order valence-electron chi connectivity index (χ2n) is 11.8. The molecule has 3 aromatic carbocycles. The van der Waals surface area contributed by atoms with E-state index in [1.807, 2.05) is 6.92 Å². The van der Waals surface area contributed by atoms with Crippen LogP contribution in [-0.4, -0.2) is 68.3 Å². The van der Waals surface area contributed by atoms with Gasteiger partial charge in [-0.1, -0.05) is 30.3 Å². The van der Waals surface area contributed by atoms with Gasteiger partial charge in [0.05, 0.1) is 24.1 Å². The normalized spacial score (nSPS) is 19.5. The number of rotatable bonds is 10. The van der Waals surface area contributed by atoms with Crippen molar-refractivity contribution in [2.24, 2.45) is 5.73 Å². The van der Waals surface area contributed by atoms with Gasteiger partial charge in [-0.15, -0.1) is 0 Å². The van der Waals surface area contributed by atoms with Gasteiger partial charge < -0.3 is 15.8 Å². The van der Waals surface area contributed by atoms with Crippen molar-refractivity contribution in [1.82, 2.24) is 9.62 Å². The molecule has 0 spiro atoms. The molecule has 46 heavy (non-hydrogen) atoms. The molecule has 3 N–H and O–H groups in total. The summed E-state index contributed by atoms with van der Waals surface area (Å²) in [5, 5.41) is 2.82. The molecular formula is C33H37F3N4O5S. The van der Waals surface area contributed by atoms with Crippen molar-refractivity contribution >= 4 is 27.7 Å². The lowest BCUT2D eigenvalue weighted by Gasteiger charge is -2.40. The number of benzene rings is 3. The Balaban J connectivity index is 1.50. The van der Waals surface area contributed by atoms with Crippen LogP contribution >= 0.6 is 0 Å². The number of anilines is 1. The molecule has 2 fully saturated rings. The molecular weight excluding hydrogens is 621 g/mol. The second-order valence-corrected chi connectivity index (χ2v) is 13.9. The maximum atomic E-state index is 15.6. The minimum Gasteiger partial charge on any atom is -0.452 e. The van der Waals surface area contributed by atoms with Crippen LogP contribution in [-0.2, 0) is 26.0 Å². The minimum atomic E-state index is -3.55. The fraction of sp³-hybridized carbons (Fsp3) is 0.394. The van der Waals surface area contributed by atoms with Gasteiger partial charge in [0.25, 0.3) is 5.91 Å². The highest BCUT2D eigenvalue weighted by Gasteiger charge is 2.46. The van der Waals surface area contributed by atoms with Crippen LogP contribution in [0.3, 0.4) is 0 Å². The Morgan fingerprint density at radius 2 is 1.61 bits per heavy atom. The molecule has 1 saturated heterocycles. The Morgan fingerprint density at radius 3 is 2.17 bits per heavy atom. The lowest BCUT2D eigenvalue weighted by Crippen LogP contribution is -2.59. The number of nitrogens with two attached hydrogens (primary N) is 1. The van der Waals surface area contributed by atoms with Crippen molar-refractivity contribution in [3.8, 4) is 0 Å². The monoisotopic (exact) mass is 658 g/mol. The number of nitrogens with zero attached hydrogens (tertiary/aromatic N) is 2. The Morgan fingerprint density at radius 1 is 1.00 bits per heavy atom. The van der Waals surface area contributed by atoms with E-state index < -0.39 is 62.7 Å². The fourth-order valence-electron chi connectivity index (χ4n) is 6.24. The van der Waals surface area contributed by atoms with Crippen molar-refractivity contribution in [3.63, 3.8) is 0 Å². The molecule has 0 unspecified atom stereocenters. The quantitative estimate of drug-likeness (QED) is 0.330. The molecule has 1 aliphatic carbocycles. The summed E-state index contributed by atoms with van der Waals surface area (Å²) in [6.45, 7) is 2.65. The highest BCUT2D eigenvalue weighted by molar-refractivity contribution is 7.90. The zero-order valence-corrected chi connectivity index (χ0v) is 26.4. The number of piperazine rings is 1. The van der Waals surface area contributed by atoms with E-state index in [2.05, 4.69) is 5.32 Å². The summed E-state index contributed by atoms with van der Waals surface area (Å²) in [7, 11) is -2.49. The molecule has 3 aromatic rings. The zero-order valence-electron chi connectivity index (χ0n) is 25.5. The number of imide groups is 1. The molecule has 246 valence electrons. The van der Waals surface area contributed by atoms with E-state index in [0.29, 0.717) is 30.8 Å². The molecule has 1 saturated carbocycles. The SMILES string of the molecule is COC(=O)N(C(=O)[C@@H](N)C(c1cccc(F)c1)c1cccc(F)c1)c1cccc(F)c1CC[C@H]1CNC[C@H](C)N1S(=O)(=O)C1CC1. The van der Waals surface area contributed by atoms with Gasteiger partial charge in [-0.25, -0.2) is 31.3 Å². The van der Waals surface area contributed by atoms with Gasteiger partial charge >= 0.3 is 6.09 Å². The number of carbonyl (C=O) groups is 2. The zero-order chi connectivity index (χ0) is 33.2. The average molecular weight is 659 g/mol. The van der Waals surface area contributed by atoms with E-state index in [1.165, 1.54) is 71.0 Å². The fourth-order valence-corrected chi connectivity index (χ4v) is 8.48. The molecule has 13 heteroatoms. The number of halogens is 3. The Labute approximate surface area is 266 Å². The Kier molecular flexibility index (Phi) is 10.2. The molecule has 0 aromatic heterocycles. The number of methoxy groups -OCH3 is 1. The molecule has 5 rings (SSSR count). The first kappa shape index (κ1) is 33.6. The Hall–Kier alpha value is -3.78. The van der Waals surface area contributed by atoms with Crippen molar-refractivity contribution in [2.75, 3.05) is 25.1 Å². The van der Waals surface area contributed by atoms with Gasteiger partial charge in [0.2, 0.25) is 10.0 Å². The summed E-state index contributed by atoms with van der Waals surface area (Å²) < 4.78 is 77.3. The smallest absolute Gasteiger partial charge is 0.420 e. The third-order valence-corrected chi connectivity index (χ3v) is 11.1. The summed E-state index contributed by atoms with van der Waals surface area (Å²) in [6.07, 6.45) is 0.236. The molecule has 0 bridgehead atoms. The highest BCUT2D eigenvalue weighted by atomic mass is 32.2. The molecule has 1 heterocycles. The van der Waals surface area contributed by atoms with Gasteiger partial charge in [-0.3, -0.25) is 4.79 Å². The van der Waals surface area contributed by atoms with Crippen molar-refractivity contribution in [3.05, 3.63) is 101 Å². The predicted molar refractivity (Wildman–Crippen MR) is 167 cm³/mol. The van der Waals surface area contributed by atoms with E-state index in [9.17, 15) is 26.8 Å². The van der Waals surface area contributed by atoms with Gasteiger partial charge in [0.15, 0.2) is 0 Å². The predicted octanol–water partition coefficient (Wildman–Crippen LogP) is 4.45. The van der Waals surface area contributed by atoms with Crippen molar-refractivity contribution in [1.29, 1.82) is 0 Å². The van der Waals surface area contributed by atoms with Crippen LogP contribution in [0.1, 0.15) is 48.8 Å². The topological polar surface area (TPSA) is 122 Å². The molecule has 1 aliphatic heterocycles. The average Bonchev–Trinajstić information content (AvgIpc) is 3.87. The van der Waals surface area contributed by atoms with Gasteiger partial charge in [0.1, 0.15) is 17.5 Å². The van der Waals surface area contributed by atoms with E-state index in [-0.39, 0.29) is 41.3 Å². The lowest BCUT2D eigenvalue weighted by atomic mass is 9.84. The van der Waals surface area contributed by atoms with E-state index in [0.717, 1.165) is 7.11 Å². The molecule has 2 aliphatic rings. The summed E-state index contributed by atoms with van der Waals surface area (Å²) >= 11 is 0. The molecule has 9 nitrogen and oxygen atoms in total. The number of hydrogen-bond acceptors (Lipinski definition) is 7. The van der Waals surface area contributed by atoms with Gasteiger partial charge in [0, 0.05) is 36.7 Å². The Bertz CT molecular complexity index is 1660. The number of carbonyl (C=O) groups excluding carboxylic acids is 2. The summed E-state index contributed by atoms with van der Waals surface area (Å²) in [6, 6.07) is 12.2. The minimum absolute atomic E-state index is 0.0106. The van der Waals surface area contributed by atoms with Crippen LogP contribution in [0.15, 0.2) is 66.7 Å². The second kappa shape index (κ2) is 13.9. The first-order chi connectivity index (χ1) is 21.9. The standard InChI is InChI=1S/C33H37F3N4O5S/c1-20-18-38-19-25(40(20)46(43,44)26-13-14-26)12-15-27-28(36)10-5-11-29(27)39(33(42)45-2)32(41)31(37)30(21-6-3-8-23(34)16-21)22-7-4-9-24(35)17-22/h3-11,16-17,20,25-26,30-31,38H,12-15,18-19,37H2,1-2H3/t20-,25-,31-/m0/s1. The van der Waals surface area contributed by atoms with Crippen LogP contribution in [0.2, 0.25) is 0 Å². The number of sulfonamides is 1. The molecule has 0 radical (unpaired) electrons. The summed E-state index contributed by atoms with van der Waals surface area (Å²) in [5.41, 5.74) is 6.91. The van der Waals surface area contributed by atoms with Crippen LogP contribution in [0.4, 0.5) is 23.7 Å². The first-order valence-corrected chi connectivity index (χ1v) is 16.6. The van der Waals surface area contributed by atoms with Gasteiger partial charge in [-0.05, 0) is 80.1 Å². The van der Waals surface area contributed by atoms with E-state index in [1.54, 1.807) is 0 Å². The van der Waals surface area contributed by atoms with E-state index in [4.69, 9.17) is 10.5 Å². The maximum absolute atomic E-state index is 15.6. The summed E-state index contributed by atoms with van der Waals surface area (Å²) in [5.74, 6) is -4.03. The largest absolute Gasteiger partial charge is 0.452 e. The first-order valence-electron chi connectivity index (χ1n) is 15.1.